The van der Waals surface area contributed by atoms with Crippen LogP contribution in [0.15, 0.2) is 24.3 Å². The zero-order valence-corrected chi connectivity index (χ0v) is 15.9. The van der Waals surface area contributed by atoms with Crippen LogP contribution in [0, 0.1) is 0 Å². The van der Waals surface area contributed by atoms with Crippen molar-refractivity contribution in [3.05, 3.63) is 24.3 Å². The molecule has 1 saturated carbocycles. The number of rotatable bonds is 4. The predicted molar refractivity (Wildman–Crippen MR) is 99.3 cm³/mol. The minimum atomic E-state index is -4.81. The van der Waals surface area contributed by atoms with Gasteiger partial charge in [-0.05, 0) is 31.4 Å². The van der Waals surface area contributed by atoms with Crippen LogP contribution in [0.2, 0.25) is 0 Å². The van der Waals surface area contributed by atoms with Crippen molar-refractivity contribution in [1.29, 1.82) is 0 Å². The maximum absolute atomic E-state index is 12.6. The molecule has 28 heavy (non-hydrogen) atoms. The average Bonchev–Trinajstić information content (AvgIpc) is 2.95. The van der Waals surface area contributed by atoms with Crippen LogP contribution < -0.4 is 20.7 Å². The molecule has 6 nitrogen and oxygen atoms in total. The molecule has 1 saturated heterocycles. The number of carbonyl (C=O) groups is 2. The van der Waals surface area contributed by atoms with Crippen LogP contribution in [-0.4, -0.2) is 36.3 Å². The van der Waals surface area contributed by atoms with Crippen molar-refractivity contribution >= 4 is 29.9 Å². The minimum Gasteiger partial charge on any atom is -0.406 e. The second-order valence-corrected chi connectivity index (χ2v) is 7.07. The smallest absolute Gasteiger partial charge is 0.406 e. The fraction of sp³-hybridized carbons (Fsp3) is 0.556. The quantitative estimate of drug-likeness (QED) is 0.783. The molecule has 0 aromatic heterocycles. The topological polar surface area (TPSA) is 84.7 Å². The lowest BCUT2D eigenvalue weighted by molar-refractivity contribution is -0.274. The summed E-state index contributed by atoms with van der Waals surface area (Å²) in [5, 5.41) is 2.73. The van der Waals surface area contributed by atoms with Crippen molar-refractivity contribution in [2.45, 2.75) is 56.5 Å². The van der Waals surface area contributed by atoms with Crippen LogP contribution >= 0.6 is 12.4 Å². The predicted octanol–water partition coefficient (Wildman–Crippen LogP) is 2.89. The number of alkyl halides is 3. The summed E-state index contributed by atoms with van der Waals surface area (Å²) in [5.41, 5.74) is 5.53. The third-order valence-electron chi connectivity index (χ3n) is 5.07. The minimum absolute atomic E-state index is 0. The second-order valence-electron chi connectivity index (χ2n) is 7.07. The number of hydrogen-bond donors (Lipinski definition) is 2. The molecule has 0 radical (unpaired) electrons. The number of nitrogens with one attached hydrogen (secondary N) is 1. The maximum atomic E-state index is 12.6. The molecule has 1 aliphatic carbocycles. The number of hydrogen-bond acceptors (Lipinski definition) is 4. The van der Waals surface area contributed by atoms with Crippen molar-refractivity contribution in [2.75, 3.05) is 11.4 Å². The summed E-state index contributed by atoms with van der Waals surface area (Å²) in [7, 11) is 0. The van der Waals surface area contributed by atoms with Crippen molar-refractivity contribution in [1.82, 2.24) is 5.32 Å². The Morgan fingerprint density at radius 1 is 1.25 bits per heavy atom. The molecule has 2 fully saturated rings. The fourth-order valence-corrected chi connectivity index (χ4v) is 3.63. The van der Waals surface area contributed by atoms with Crippen molar-refractivity contribution in [3.63, 3.8) is 0 Å². The van der Waals surface area contributed by atoms with E-state index in [1.54, 1.807) is 0 Å². The first-order valence-corrected chi connectivity index (χ1v) is 8.95. The van der Waals surface area contributed by atoms with Gasteiger partial charge >= 0.3 is 6.36 Å². The Morgan fingerprint density at radius 3 is 2.57 bits per heavy atom. The van der Waals surface area contributed by atoms with E-state index in [1.165, 1.54) is 17.0 Å². The lowest BCUT2D eigenvalue weighted by Crippen LogP contribution is -2.58. The van der Waals surface area contributed by atoms with E-state index in [2.05, 4.69) is 10.1 Å². The molecule has 1 heterocycles. The van der Waals surface area contributed by atoms with Gasteiger partial charge in [-0.3, -0.25) is 9.59 Å². The van der Waals surface area contributed by atoms with Crippen LogP contribution in [0.25, 0.3) is 0 Å². The largest absolute Gasteiger partial charge is 0.573 e. The zero-order chi connectivity index (χ0) is 19.7. The Kier molecular flexibility index (Phi) is 6.82. The van der Waals surface area contributed by atoms with Gasteiger partial charge in [0.15, 0.2) is 0 Å². The number of nitrogens with zero attached hydrogens (tertiary/aromatic N) is 1. The Morgan fingerprint density at radius 2 is 1.93 bits per heavy atom. The van der Waals surface area contributed by atoms with Crippen LogP contribution in [0.5, 0.6) is 5.75 Å². The van der Waals surface area contributed by atoms with Crippen molar-refractivity contribution in [3.8, 4) is 5.75 Å². The Hall–Kier alpha value is -2.00. The van der Waals surface area contributed by atoms with Gasteiger partial charge in [-0.25, -0.2) is 0 Å². The van der Waals surface area contributed by atoms with Gasteiger partial charge in [0.2, 0.25) is 11.8 Å². The molecule has 3 N–H and O–H groups in total. The van der Waals surface area contributed by atoms with Gasteiger partial charge < -0.3 is 20.7 Å². The van der Waals surface area contributed by atoms with E-state index in [9.17, 15) is 22.8 Å². The summed E-state index contributed by atoms with van der Waals surface area (Å²) in [6, 6.07) is 4.50. The summed E-state index contributed by atoms with van der Waals surface area (Å²) < 4.78 is 41.0. The summed E-state index contributed by atoms with van der Waals surface area (Å²) in [4.78, 5) is 26.5. The van der Waals surface area contributed by atoms with E-state index >= 15 is 0 Å². The van der Waals surface area contributed by atoms with Gasteiger partial charge in [0.25, 0.3) is 0 Å². The first-order chi connectivity index (χ1) is 12.7. The number of amides is 2. The Labute approximate surface area is 167 Å². The van der Waals surface area contributed by atoms with Crippen molar-refractivity contribution in [2.24, 2.45) is 5.73 Å². The third kappa shape index (κ3) is 5.08. The first-order valence-electron chi connectivity index (χ1n) is 8.95. The molecule has 0 spiro atoms. The lowest BCUT2D eigenvalue weighted by atomic mass is 9.81. The molecule has 1 aromatic rings. The number of anilines is 1. The van der Waals surface area contributed by atoms with E-state index in [0.717, 1.165) is 31.4 Å². The van der Waals surface area contributed by atoms with Crippen molar-refractivity contribution < 1.29 is 27.5 Å². The zero-order valence-electron chi connectivity index (χ0n) is 15.1. The molecule has 2 amide bonds. The summed E-state index contributed by atoms with van der Waals surface area (Å²) in [6.07, 6.45) is -0.481. The highest BCUT2D eigenvalue weighted by Crippen LogP contribution is 2.30. The van der Waals surface area contributed by atoms with Crippen LogP contribution in [0.1, 0.15) is 38.5 Å². The third-order valence-corrected chi connectivity index (χ3v) is 5.07. The molecule has 1 aromatic carbocycles. The average molecular weight is 422 g/mol. The Balaban J connectivity index is 0.00000280. The molecule has 0 bridgehead atoms. The van der Waals surface area contributed by atoms with Crippen LogP contribution in [0.3, 0.4) is 0 Å². The van der Waals surface area contributed by atoms with Gasteiger partial charge in [0, 0.05) is 18.3 Å². The van der Waals surface area contributed by atoms with Crippen LogP contribution in [-0.2, 0) is 9.59 Å². The number of nitrogens with two attached hydrogens (primary N) is 1. The standard InChI is InChI=1S/C18H22F3N3O3.ClH/c19-18(20,21)27-13-6-4-5-12(11-13)24-10-7-14(15(24)25)23-16(26)17(22)8-2-1-3-9-17;/h4-6,11,14H,1-3,7-10,22H2,(H,23,26);1H. The lowest BCUT2D eigenvalue weighted by Gasteiger charge is -2.32. The summed E-state index contributed by atoms with van der Waals surface area (Å²) >= 11 is 0. The molecule has 10 heteroatoms. The highest BCUT2D eigenvalue weighted by Gasteiger charge is 2.40. The SMILES string of the molecule is Cl.NC1(C(=O)NC2CCN(c3cccc(OC(F)(F)F)c3)C2=O)CCCCC1. The highest BCUT2D eigenvalue weighted by atomic mass is 35.5. The van der Waals surface area contributed by atoms with E-state index in [-0.39, 0.29) is 30.8 Å². The van der Waals surface area contributed by atoms with Gasteiger partial charge in [-0.1, -0.05) is 25.3 Å². The summed E-state index contributed by atoms with van der Waals surface area (Å²) in [6.45, 7) is 0.289. The van der Waals surface area contributed by atoms with Crippen LogP contribution in [0.4, 0.5) is 18.9 Å². The summed E-state index contributed by atoms with van der Waals surface area (Å²) in [5.74, 6) is -1.10. The van der Waals surface area contributed by atoms with E-state index in [4.69, 9.17) is 5.73 Å². The number of benzene rings is 1. The normalized spacial score (nSPS) is 21.8. The second kappa shape index (κ2) is 8.57. The fourth-order valence-electron chi connectivity index (χ4n) is 3.63. The number of ether oxygens (including phenoxy) is 1. The van der Waals surface area contributed by atoms with E-state index in [1.807, 2.05) is 0 Å². The van der Waals surface area contributed by atoms with Gasteiger partial charge in [-0.15, -0.1) is 25.6 Å². The Bertz CT molecular complexity index is 724. The maximum Gasteiger partial charge on any atom is 0.573 e. The molecule has 2 aliphatic rings. The molecule has 1 unspecified atom stereocenters. The van der Waals surface area contributed by atoms with E-state index < -0.39 is 23.7 Å². The van der Waals surface area contributed by atoms with E-state index in [0.29, 0.717) is 24.9 Å². The van der Waals surface area contributed by atoms with Gasteiger partial charge in [0.1, 0.15) is 11.8 Å². The molecule has 1 atom stereocenters. The number of halogens is 4. The molecule has 156 valence electrons. The van der Waals surface area contributed by atoms with Gasteiger partial charge in [-0.2, -0.15) is 0 Å². The first kappa shape index (κ1) is 22.3. The molecule has 1 aliphatic heterocycles. The molecular formula is C18H23ClF3N3O3. The number of carbonyl (C=O) groups excluding carboxylic acids is 2. The molecule has 3 rings (SSSR count). The monoisotopic (exact) mass is 421 g/mol. The molecular weight excluding hydrogens is 399 g/mol. The van der Waals surface area contributed by atoms with Gasteiger partial charge in [0.05, 0.1) is 5.54 Å². The highest BCUT2D eigenvalue weighted by molar-refractivity contribution is 6.02.